The molecule has 1 heterocycles. The Kier molecular flexibility index (Phi) is 6.78. The maximum atomic E-state index is 11.8. The van der Waals surface area contributed by atoms with Crippen molar-refractivity contribution < 1.29 is 14.7 Å². The molecule has 0 aromatic heterocycles. The molecule has 1 rings (SSSR count). The summed E-state index contributed by atoms with van der Waals surface area (Å²) in [5.41, 5.74) is 0. The Hall–Kier alpha value is -1.30. The second-order valence-corrected chi connectivity index (χ2v) is 6.05. The van der Waals surface area contributed by atoms with Gasteiger partial charge in [-0.1, -0.05) is 13.8 Å². The Morgan fingerprint density at radius 3 is 2.25 bits per heavy atom. The number of carbonyl (C=O) groups excluding carboxylic acids is 1. The van der Waals surface area contributed by atoms with Crippen molar-refractivity contribution in [2.24, 2.45) is 5.92 Å². The number of nitrogens with zero attached hydrogens (tertiary/aromatic N) is 1. The predicted octanol–water partition coefficient (Wildman–Crippen LogP) is 1.27. The van der Waals surface area contributed by atoms with Crippen LogP contribution in [0.15, 0.2) is 0 Å². The minimum absolute atomic E-state index is 0.0154. The summed E-state index contributed by atoms with van der Waals surface area (Å²) in [6.07, 6.45) is 2.87. The third-order valence-corrected chi connectivity index (χ3v) is 3.42. The molecule has 20 heavy (non-hydrogen) atoms. The van der Waals surface area contributed by atoms with Crippen molar-refractivity contribution >= 4 is 12.0 Å². The number of hydrogen-bond acceptors (Lipinski definition) is 3. The first-order valence-corrected chi connectivity index (χ1v) is 7.40. The van der Waals surface area contributed by atoms with Gasteiger partial charge in [-0.15, -0.1) is 0 Å². The summed E-state index contributed by atoms with van der Waals surface area (Å²) in [4.78, 5) is 25.2. The van der Waals surface area contributed by atoms with E-state index in [9.17, 15) is 9.59 Å². The number of aliphatic carboxylic acids is 1. The van der Waals surface area contributed by atoms with Crippen LogP contribution >= 0.6 is 0 Å². The summed E-state index contributed by atoms with van der Waals surface area (Å²) in [6.45, 7) is 8.79. The Morgan fingerprint density at radius 2 is 1.75 bits per heavy atom. The fraction of sp³-hybridized carbons (Fsp3) is 0.857. The van der Waals surface area contributed by atoms with Crippen LogP contribution in [0, 0.1) is 5.92 Å². The molecule has 0 saturated carbocycles. The quantitative estimate of drug-likeness (QED) is 0.658. The number of carbonyl (C=O) groups is 2. The Bertz CT molecular complexity index is 328. The molecule has 1 fully saturated rings. The lowest BCUT2D eigenvalue weighted by atomic mass is 10.0. The third kappa shape index (κ3) is 6.23. The van der Waals surface area contributed by atoms with Crippen molar-refractivity contribution in [3.8, 4) is 0 Å². The monoisotopic (exact) mass is 285 g/mol. The summed E-state index contributed by atoms with van der Waals surface area (Å²) >= 11 is 0. The Morgan fingerprint density at radius 1 is 1.15 bits per heavy atom. The molecule has 1 saturated heterocycles. The van der Waals surface area contributed by atoms with Crippen LogP contribution in [-0.2, 0) is 4.79 Å². The van der Waals surface area contributed by atoms with E-state index in [0.717, 1.165) is 19.6 Å². The molecular weight excluding hydrogens is 258 g/mol. The van der Waals surface area contributed by atoms with Crippen molar-refractivity contribution in [2.45, 2.75) is 52.1 Å². The molecule has 2 unspecified atom stereocenters. The molecule has 1 aliphatic rings. The number of carboxylic acids is 1. The van der Waals surface area contributed by atoms with Gasteiger partial charge in [0.1, 0.15) is 6.04 Å². The zero-order valence-corrected chi connectivity index (χ0v) is 12.7. The molecule has 0 spiro atoms. The predicted molar refractivity (Wildman–Crippen MR) is 77.7 cm³/mol. The van der Waals surface area contributed by atoms with Gasteiger partial charge in [-0.25, -0.2) is 9.59 Å². The highest BCUT2D eigenvalue weighted by atomic mass is 16.4. The zero-order chi connectivity index (χ0) is 15.1. The van der Waals surface area contributed by atoms with Gasteiger partial charge in [0, 0.05) is 12.6 Å². The third-order valence-electron chi connectivity index (χ3n) is 3.42. The van der Waals surface area contributed by atoms with Crippen LogP contribution < -0.4 is 10.6 Å². The van der Waals surface area contributed by atoms with Crippen LogP contribution in [0.4, 0.5) is 4.79 Å². The molecule has 6 heteroatoms. The van der Waals surface area contributed by atoms with E-state index in [2.05, 4.69) is 15.5 Å². The molecule has 1 aliphatic heterocycles. The Labute approximate surface area is 120 Å². The first-order chi connectivity index (χ1) is 9.38. The first-order valence-electron chi connectivity index (χ1n) is 7.40. The molecule has 2 atom stereocenters. The van der Waals surface area contributed by atoms with E-state index < -0.39 is 18.0 Å². The number of carboxylic acid groups (broad SMARTS) is 1. The lowest BCUT2D eigenvalue weighted by Gasteiger charge is -2.23. The highest BCUT2D eigenvalue weighted by Gasteiger charge is 2.22. The summed E-state index contributed by atoms with van der Waals surface area (Å²) in [5.74, 6) is -0.764. The average Bonchev–Trinajstić information content (AvgIpc) is 2.79. The van der Waals surface area contributed by atoms with Crippen LogP contribution in [0.25, 0.3) is 0 Å². The number of hydrogen-bond donors (Lipinski definition) is 3. The summed E-state index contributed by atoms with van der Waals surface area (Å²) < 4.78 is 0. The second kappa shape index (κ2) is 8.09. The lowest BCUT2D eigenvalue weighted by molar-refractivity contribution is -0.139. The highest BCUT2D eigenvalue weighted by molar-refractivity contribution is 5.82. The van der Waals surface area contributed by atoms with Gasteiger partial charge in [0.05, 0.1) is 0 Å². The normalized spacial score (nSPS) is 18.8. The standard InChI is InChI=1S/C14H27N3O3/c1-10(2)8-12(13(18)19)16-14(20)15-11(3)9-17-6-4-5-7-17/h10-12H,4-9H2,1-3H3,(H,18,19)(H2,15,16,20). The zero-order valence-electron chi connectivity index (χ0n) is 12.7. The number of urea groups is 1. The molecule has 0 aromatic rings. The SMILES string of the molecule is CC(C)CC(NC(=O)NC(C)CN1CCCC1)C(=O)O. The van der Waals surface area contributed by atoms with Gasteiger partial charge in [-0.3, -0.25) is 0 Å². The minimum atomic E-state index is -0.985. The van der Waals surface area contributed by atoms with E-state index in [1.165, 1.54) is 12.8 Å². The van der Waals surface area contributed by atoms with Gasteiger partial charge < -0.3 is 20.6 Å². The highest BCUT2D eigenvalue weighted by Crippen LogP contribution is 2.08. The van der Waals surface area contributed by atoms with Gasteiger partial charge in [0.25, 0.3) is 0 Å². The molecule has 0 bridgehead atoms. The van der Waals surface area contributed by atoms with Crippen LogP contribution in [-0.4, -0.2) is 53.7 Å². The van der Waals surface area contributed by atoms with Crippen LogP contribution in [0.3, 0.4) is 0 Å². The number of likely N-dealkylation sites (tertiary alicyclic amines) is 1. The molecule has 116 valence electrons. The van der Waals surface area contributed by atoms with E-state index >= 15 is 0 Å². The van der Waals surface area contributed by atoms with Crippen molar-refractivity contribution in [1.29, 1.82) is 0 Å². The molecule has 6 nitrogen and oxygen atoms in total. The molecular formula is C14H27N3O3. The van der Waals surface area contributed by atoms with Gasteiger partial charge in [-0.05, 0) is 45.2 Å². The number of amides is 2. The number of nitrogens with one attached hydrogen (secondary N) is 2. The fourth-order valence-electron chi connectivity index (χ4n) is 2.51. The minimum Gasteiger partial charge on any atom is -0.480 e. The maximum absolute atomic E-state index is 11.8. The van der Waals surface area contributed by atoms with Gasteiger partial charge >= 0.3 is 12.0 Å². The van der Waals surface area contributed by atoms with Crippen LogP contribution in [0.1, 0.15) is 40.0 Å². The van der Waals surface area contributed by atoms with Crippen LogP contribution in [0.2, 0.25) is 0 Å². The molecule has 0 aliphatic carbocycles. The van der Waals surface area contributed by atoms with E-state index in [0.29, 0.717) is 6.42 Å². The van der Waals surface area contributed by atoms with E-state index in [-0.39, 0.29) is 12.0 Å². The summed E-state index contributed by atoms with van der Waals surface area (Å²) in [6, 6.07) is -1.21. The summed E-state index contributed by atoms with van der Waals surface area (Å²) in [5, 5.41) is 14.4. The van der Waals surface area contributed by atoms with Gasteiger partial charge in [0.15, 0.2) is 0 Å². The molecule has 2 amide bonds. The smallest absolute Gasteiger partial charge is 0.326 e. The summed E-state index contributed by atoms with van der Waals surface area (Å²) in [7, 11) is 0. The molecule has 0 aromatic carbocycles. The maximum Gasteiger partial charge on any atom is 0.326 e. The van der Waals surface area contributed by atoms with Crippen LogP contribution in [0.5, 0.6) is 0 Å². The fourth-order valence-corrected chi connectivity index (χ4v) is 2.51. The first kappa shape index (κ1) is 16.8. The second-order valence-electron chi connectivity index (χ2n) is 6.05. The van der Waals surface area contributed by atoms with E-state index in [4.69, 9.17) is 5.11 Å². The van der Waals surface area contributed by atoms with Crippen molar-refractivity contribution in [3.63, 3.8) is 0 Å². The van der Waals surface area contributed by atoms with Crippen molar-refractivity contribution in [2.75, 3.05) is 19.6 Å². The lowest BCUT2D eigenvalue weighted by Crippen LogP contribution is -2.50. The largest absolute Gasteiger partial charge is 0.480 e. The number of rotatable bonds is 7. The topological polar surface area (TPSA) is 81.7 Å². The average molecular weight is 285 g/mol. The molecule has 3 N–H and O–H groups in total. The van der Waals surface area contributed by atoms with Gasteiger partial charge in [-0.2, -0.15) is 0 Å². The van der Waals surface area contributed by atoms with Crippen molar-refractivity contribution in [1.82, 2.24) is 15.5 Å². The van der Waals surface area contributed by atoms with Gasteiger partial charge in [0.2, 0.25) is 0 Å². The molecule has 0 radical (unpaired) electrons. The van der Waals surface area contributed by atoms with E-state index in [1.807, 2.05) is 20.8 Å². The van der Waals surface area contributed by atoms with E-state index in [1.54, 1.807) is 0 Å². The Balaban J connectivity index is 2.34. The van der Waals surface area contributed by atoms with Crippen molar-refractivity contribution in [3.05, 3.63) is 0 Å².